The van der Waals surface area contributed by atoms with Crippen LogP contribution in [0.5, 0.6) is 0 Å². The first-order chi connectivity index (χ1) is 13.2. The fourth-order valence-electron chi connectivity index (χ4n) is 4.37. The minimum absolute atomic E-state index is 0.183. The largest absolute Gasteiger partial charge is 0.480 e. The summed E-state index contributed by atoms with van der Waals surface area (Å²) in [6.07, 6.45) is 3.14. The second-order valence-corrected chi connectivity index (χ2v) is 7.73. The molecule has 27 heavy (non-hydrogen) atoms. The summed E-state index contributed by atoms with van der Waals surface area (Å²) in [6.45, 7) is 7.48. The van der Waals surface area contributed by atoms with Gasteiger partial charge in [0.15, 0.2) is 0 Å². The molecular weight excluding hydrogens is 342 g/mol. The zero-order valence-electron chi connectivity index (χ0n) is 15.8. The summed E-state index contributed by atoms with van der Waals surface area (Å²) in [6, 6.07) is 8.81. The maximum Gasteiger partial charge on any atom is 0.317 e. The lowest BCUT2D eigenvalue weighted by Crippen LogP contribution is -2.53. The number of hydrogen-bond donors (Lipinski definition) is 2. The van der Waals surface area contributed by atoms with Crippen LogP contribution in [0.25, 0.3) is 11.0 Å². The van der Waals surface area contributed by atoms with Gasteiger partial charge in [-0.2, -0.15) is 0 Å². The smallest absolute Gasteiger partial charge is 0.317 e. The van der Waals surface area contributed by atoms with Crippen LogP contribution in [-0.2, 0) is 11.2 Å². The first-order valence-corrected chi connectivity index (χ1v) is 10.0. The van der Waals surface area contributed by atoms with Gasteiger partial charge in [0.25, 0.3) is 0 Å². The number of aromatic amines is 1. The molecule has 0 aliphatic carbocycles. The van der Waals surface area contributed by atoms with E-state index in [0.29, 0.717) is 6.04 Å². The number of likely N-dealkylation sites (tertiary alicyclic amines) is 1. The molecule has 2 saturated heterocycles. The lowest BCUT2D eigenvalue weighted by molar-refractivity contribution is -0.138. The number of carboxylic acid groups (broad SMARTS) is 1. The predicted octanol–water partition coefficient (Wildman–Crippen LogP) is 1.27. The van der Waals surface area contributed by atoms with Crippen molar-refractivity contribution in [3.63, 3.8) is 0 Å². The topological polar surface area (TPSA) is 75.7 Å². The molecule has 0 amide bonds. The molecule has 0 saturated carbocycles. The maximum atomic E-state index is 10.8. The van der Waals surface area contributed by atoms with E-state index in [1.54, 1.807) is 0 Å². The lowest BCUT2D eigenvalue weighted by Gasteiger charge is -2.42. The van der Waals surface area contributed by atoms with Crippen LogP contribution in [0.3, 0.4) is 0 Å². The van der Waals surface area contributed by atoms with Gasteiger partial charge in [0.2, 0.25) is 0 Å². The summed E-state index contributed by atoms with van der Waals surface area (Å²) < 4.78 is 0. The Morgan fingerprint density at radius 1 is 1.07 bits per heavy atom. The molecule has 2 aliphatic rings. The van der Waals surface area contributed by atoms with Crippen molar-refractivity contribution in [2.75, 3.05) is 52.4 Å². The van der Waals surface area contributed by atoms with Gasteiger partial charge in [-0.1, -0.05) is 12.1 Å². The van der Waals surface area contributed by atoms with E-state index in [0.717, 1.165) is 81.9 Å². The monoisotopic (exact) mass is 371 g/mol. The molecule has 7 heteroatoms. The van der Waals surface area contributed by atoms with E-state index < -0.39 is 5.97 Å². The summed E-state index contributed by atoms with van der Waals surface area (Å²) in [4.78, 5) is 26.1. The average Bonchev–Trinajstić information content (AvgIpc) is 3.10. The Hall–Kier alpha value is -1.96. The van der Waals surface area contributed by atoms with Crippen molar-refractivity contribution in [1.82, 2.24) is 24.7 Å². The molecule has 0 radical (unpaired) electrons. The number of piperidine rings is 1. The third-order valence-corrected chi connectivity index (χ3v) is 5.94. The van der Waals surface area contributed by atoms with E-state index in [-0.39, 0.29) is 6.54 Å². The van der Waals surface area contributed by atoms with Gasteiger partial charge in [-0.3, -0.25) is 14.6 Å². The summed E-state index contributed by atoms with van der Waals surface area (Å²) in [5.41, 5.74) is 2.16. The Balaban J connectivity index is 1.19. The summed E-state index contributed by atoms with van der Waals surface area (Å²) in [5, 5.41) is 8.92. The number of benzene rings is 1. The molecule has 7 nitrogen and oxygen atoms in total. The fraction of sp³-hybridized carbons (Fsp3) is 0.600. The molecule has 0 unspecified atom stereocenters. The average molecular weight is 371 g/mol. The summed E-state index contributed by atoms with van der Waals surface area (Å²) >= 11 is 0. The Morgan fingerprint density at radius 2 is 1.81 bits per heavy atom. The van der Waals surface area contributed by atoms with Crippen molar-refractivity contribution in [3.8, 4) is 0 Å². The third kappa shape index (κ3) is 4.66. The van der Waals surface area contributed by atoms with Gasteiger partial charge in [0, 0.05) is 58.3 Å². The molecule has 2 aromatic rings. The number of H-pyrrole nitrogens is 1. The molecule has 3 heterocycles. The Morgan fingerprint density at radius 3 is 2.52 bits per heavy atom. The molecule has 2 N–H and O–H groups in total. The van der Waals surface area contributed by atoms with Gasteiger partial charge in [-0.15, -0.1) is 0 Å². The number of aromatic nitrogens is 2. The van der Waals surface area contributed by atoms with Gasteiger partial charge in [0.05, 0.1) is 17.6 Å². The maximum absolute atomic E-state index is 10.8. The number of para-hydroxylation sites is 2. The van der Waals surface area contributed by atoms with Crippen LogP contribution in [-0.4, -0.2) is 94.1 Å². The summed E-state index contributed by atoms with van der Waals surface area (Å²) in [7, 11) is 0. The van der Waals surface area contributed by atoms with Crippen LogP contribution in [0.2, 0.25) is 0 Å². The number of carbonyl (C=O) groups is 1. The van der Waals surface area contributed by atoms with Crippen molar-refractivity contribution in [3.05, 3.63) is 30.1 Å². The highest BCUT2D eigenvalue weighted by molar-refractivity contribution is 5.74. The lowest BCUT2D eigenvalue weighted by atomic mass is 10.0. The Kier molecular flexibility index (Phi) is 5.71. The van der Waals surface area contributed by atoms with E-state index in [4.69, 9.17) is 5.11 Å². The molecule has 4 rings (SSSR count). The molecule has 2 fully saturated rings. The highest BCUT2D eigenvalue weighted by Gasteiger charge is 2.27. The van der Waals surface area contributed by atoms with Crippen molar-refractivity contribution >= 4 is 17.0 Å². The zero-order valence-corrected chi connectivity index (χ0v) is 15.8. The fourth-order valence-corrected chi connectivity index (χ4v) is 4.37. The van der Waals surface area contributed by atoms with Gasteiger partial charge >= 0.3 is 5.97 Å². The number of nitrogens with one attached hydrogen (secondary N) is 1. The van der Waals surface area contributed by atoms with Crippen LogP contribution in [0.4, 0.5) is 0 Å². The van der Waals surface area contributed by atoms with Crippen LogP contribution in [0.15, 0.2) is 24.3 Å². The van der Waals surface area contributed by atoms with E-state index in [2.05, 4.69) is 36.8 Å². The number of rotatable bonds is 6. The highest BCUT2D eigenvalue weighted by Crippen LogP contribution is 2.18. The predicted molar refractivity (Wildman–Crippen MR) is 105 cm³/mol. The molecule has 0 atom stereocenters. The number of piperazine rings is 1. The number of hydrogen-bond acceptors (Lipinski definition) is 5. The SMILES string of the molecule is O=C(O)CN1CCC(N2CCN(CCc3nc4ccccc4[nH]3)CC2)CC1. The third-order valence-electron chi connectivity index (χ3n) is 5.94. The molecule has 146 valence electrons. The van der Waals surface area contributed by atoms with E-state index in [1.165, 1.54) is 0 Å². The van der Waals surface area contributed by atoms with Crippen molar-refractivity contribution in [2.24, 2.45) is 0 Å². The second-order valence-electron chi connectivity index (χ2n) is 7.73. The molecule has 1 aromatic heterocycles. The first kappa shape index (κ1) is 18.4. The van der Waals surface area contributed by atoms with Crippen molar-refractivity contribution < 1.29 is 9.90 Å². The van der Waals surface area contributed by atoms with Gasteiger partial charge in [-0.25, -0.2) is 4.98 Å². The Labute approximate surface area is 160 Å². The minimum atomic E-state index is -0.716. The van der Waals surface area contributed by atoms with Crippen LogP contribution < -0.4 is 0 Å². The number of nitrogens with zero attached hydrogens (tertiary/aromatic N) is 4. The number of carboxylic acids is 1. The van der Waals surface area contributed by atoms with Crippen LogP contribution in [0, 0.1) is 0 Å². The second kappa shape index (κ2) is 8.37. The van der Waals surface area contributed by atoms with Crippen molar-refractivity contribution in [1.29, 1.82) is 0 Å². The minimum Gasteiger partial charge on any atom is -0.480 e. The summed E-state index contributed by atoms with van der Waals surface area (Å²) in [5.74, 6) is 0.357. The number of fused-ring (bicyclic) bond motifs is 1. The molecule has 1 aromatic carbocycles. The highest BCUT2D eigenvalue weighted by atomic mass is 16.4. The normalized spacial score (nSPS) is 21.0. The quantitative estimate of drug-likeness (QED) is 0.797. The standard InChI is InChI=1S/C20H29N5O2/c26-20(27)15-24-8-5-16(6-9-24)25-13-11-23(12-14-25)10-7-19-21-17-3-1-2-4-18(17)22-19/h1-4,16H,5-15H2,(H,21,22)(H,26,27). The molecule has 0 spiro atoms. The molecular formula is C20H29N5O2. The zero-order chi connectivity index (χ0) is 18.6. The van der Waals surface area contributed by atoms with E-state index in [1.807, 2.05) is 12.1 Å². The van der Waals surface area contributed by atoms with Crippen molar-refractivity contribution in [2.45, 2.75) is 25.3 Å². The Bertz CT molecular complexity index is 728. The number of imidazole rings is 1. The van der Waals surface area contributed by atoms with Crippen LogP contribution >= 0.6 is 0 Å². The molecule has 2 aliphatic heterocycles. The first-order valence-electron chi connectivity index (χ1n) is 10.0. The number of aliphatic carboxylic acids is 1. The molecule has 0 bridgehead atoms. The van der Waals surface area contributed by atoms with Crippen LogP contribution in [0.1, 0.15) is 18.7 Å². The van der Waals surface area contributed by atoms with Gasteiger partial charge < -0.3 is 15.0 Å². The van der Waals surface area contributed by atoms with Gasteiger partial charge in [0.1, 0.15) is 5.82 Å². The van der Waals surface area contributed by atoms with E-state index in [9.17, 15) is 4.79 Å². The van der Waals surface area contributed by atoms with Gasteiger partial charge in [-0.05, 0) is 25.0 Å². The van der Waals surface area contributed by atoms with E-state index >= 15 is 0 Å².